The number of benzene rings is 1. The summed E-state index contributed by atoms with van der Waals surface area (Å²) < 4.78 is 5.19. The monoisotopic (exact) mass is 202 g/mol. The van der Waals surface area contributed by atoms with Crippen molar-refractivity contribution in [2.24, 2.45) is 0 Å². The molecule has 0 amide bonds. The van der Waals surface area contributed by atoms with Crippen molar-refractivity contribution in [2.75, 3.05) is 6.54 Å². The Morgan fingerprint density at radius 1 is 1.47 bits per heavy atom. The zero-order chi connectivity index (χ0) is 10.3. The molecule has 1 atom stereocenters. The summed E-state index contributed by atoms with van der Waals surface area (Å²) in [5, 5.41) is 8.56. The first-order valence-electron chi connectivity index (χ1n) is 5.38. The molecular formula is C12H14N2O. The van der Waals surface area contributed by atoms with Gasteiger partial charge in [0.05, 0.1) is 6.20 Å². The SMILES string of the molecule is CC1(c2cccc3oncc23)CCCN1. The van der Waals surface area contributed by atoms with Crippen molar-refractivity contribution < 1.29 is 4.52 Å². The Labute approximate surface area is 88.4 Å². The predicted molar refractivity (Wildman–Crippen MR) is 58.6 cm³/mol. The third-order valence-corrected chi connectivity index (χ3v) is 3.36. The number of aromatic nitrogens is 1. The second-order valence-corrected chi connectivity index (χ2v) is 4.41. The van der Waals surface area contributed by atoms with E-state index in [1.807, 2.05) is 18.3 Å². The van der Waals surface area contributed by atoms with Gasteiger partial charge >= 0.3 is 0 Å². The van der Waals surface area contributed by atoms with Crippen molar-refractivity contribution in [1.82, 2.24) is 10.5 Å². The predicted octanol–water partition coefficient (Wildman–Crippen LogP) is 2.43. The van der Waals surface area contributed by atoms with Gasteiger partial charge in [0.1, 0.15) is 0 Å². The molecule has 1 N–H and O–H groups in total. The molecule has 1 aromatic carbocycles. The fourth-order valence-electron chi connectivity index (χ4n) is 2.50. The summed E-state index contributed by atoms with van der Waals surface area (Å²) in [5.74, 6) is 0. The van der Waals surface area contributed by atoms with Crippen molar-refractivity contribution >= 4 is 11.0 Å². The first-order chi connectivity index (χ1) is 7.30. The summed E-state index contributed by atoms with van der Waals surface area (Å²) in [7, 11) is 0. The molecule has 3 rings (SSSR count). The molecule has 1 saturated heterocycles. The van der Waals surface area contributed by atoms with Crippen LogP contribution in [0.4, 0.5) is 0 Å². The number of hydrogen-bond acceptors (Lipinski definition) is 3. The van der Waals surface area contributed by atoms with Crippen molar-refractivity contribution in [3.8, 4) is 0 Å². The molecule has 15 heavy (non-hydrogen) atoms. The van der Waals surface area contributed by atoms with E-state index in [2.05, 4.69) is 23.5 Å². The van der Waals surface area contributed by atoms with E-state index in [1.54, 1.807) is 0 Å². The Morgan fingerprint density at radius 2 is 2.40 bits per heavy atom. The van der Waals surface area contributed by atoms with Gasteiger partial charge in [0.25, 0.3) is 0 Å². The van der Waals surface area contributed by atoms with Gasteiger partial charge < -0.3 is 9.84 Å². The normalized spacial score (nSPS) is 26.2. The average Bonchev–Trinajstić information content (AvgIpc) is 2.85. The molecule has 1 fully saturated rings. The second kappa shape index (κ2) is 3.07. The molecule has 0 spiro atoms. The molecule has 1 unspecified atom stereocenters. The average molecular weight is 202 g/mol. The van der Waals surface area contributed by atoms with Crippen LogP contribution >= 0.6 is 0 Å². The van der Waals surface area contributed by atoms with Gasteiger partial charge in [-0.1, -0.05) is 17.3 Å². The summed E-state index contributed by atoms with van der Waals surface area (Å²) in [6, 6.07) is 6.16. The van der Waals surface area contributed by atoms with E-state index < -0.39 is 0 Å². The molecular weight excluding hydrogens is 188 g/mol. The number of fused-ring (bicyclic) bond motifs is 1. The summed E-state index contributed by atoms with van der Waals surface area (Å²) >= 11 is 0. The lowest BCUT2D eigenvalue weighted by Gasteiger charge is -2.25. The van der Waals surface area contributed by atoms with Gasteiger partial charge in [-0.05, 0) is 37.9 Å². The molecule has 1 aliphatic rings. The molecule has 0 bridgehead atoms. The van der Waals surface area contributed by atoms with Crippen LogP contribution in [0.1, 0.15) is 25.3 Å². The van der Waals surface area contributed by atoms with E-state index in [9.17, 15) is 0 Å². The highest BCUT2D eigenvalue weighted by molar-refractivity contribution is 5.80. The lowest BCUT2D eigenvalue weighted by Crippen LogP contribution is -2.33. The summed E-state index contributed by atoms with van der Waals surface area (Å²) in [6.07, 6.45) is 4.23. The van der Waals surface area contributed by atoms with Crippen LogP contribution in [0, 0.1) is 0 Å². The zero-order valence-corrected chi connectivity index (χ0v) is 8.79. The smallest absolute Gasteiger partial charge is 0.167 e. The standard InChI is InChI=1S/C12H14N2O/c1-12(6-3-7-13-12)10-4-2-5-11-9(10)8-14-15-11/h2,4-5,8,13H,3,6-7H2,1H3. The number of nitrogens with one attached hydrogen (secondary N) is 1. The quantitative estimate of drug-likeness (QED) is 0.771. The minimum absolute atomic E-state index is 0.0884. The molecule has 0 radical (unpaired) electrons. The molecule has 2 aromatic rings. The highest BCUT2D eigenvalue weighted by atomic mass is 16.5. The largest absolute Gasteiger partial charge is 0.356 e. The van der Waals surface area contributed by atoms with Crippen LogP contribution in [0.2, 0.25) is 0 Å². The van der Waals surface area contributed by atoms with Crippen LogP contribution in [0.15, 0.2) is 28.9 Å². The van der Waals surface area contributed by atoms with E-state index >= 15 is 0 Å². The Hall–Kier alpha value is -1.35. The minimum Gasteiger partial charge on any atom is -0.356 e. The molecule has 3 heteroatoms. The molecule has 3 nitrogen and oxygen atoms in total. The van der Waals surface area contributed by atoms with Crippen molar-refractivity contribution in [3.05, 3.63) is 30.0 Å². The first-order valence-corrected chi connectivity index (χ1v) is 5.38. The summed E-state index contributed by atoms with van der Waals surface area (Å²) in [6.45, 7) is 3.35. The van der Waals surface area contributed by atoms with Gasteiger partial charge in [0, 0.05) is 10.9 Å². The highest BCUT2D eigenvalue weighted by Crippen LogP contribution is 2.34. The molecule has 78 valence electrons. The van der Waals surface area contributed by atoms with E-state index in [4.69, 9.17) is 4.52 Å². The van der Waals surface area contributed by atoms with Gasteiger partial charge in [0.15, 0.2) is 5.58 Å². The van der Waals surface area contributed by atoms with E-state index in [1.165, 1.54) is 18.4 Å². The fraction of sp³-hybridized carbons (Fsp3) is 0.417. The van der Waals surface area contributed by atoms with Crippen molar-refractivity contribution in [3.63, 3.8) is 0 Å². The van der Waals surface area contributed by atoms with Gasteiger partial charge in [-0.15, -0.1) is 0 Å². The maximum absolute atomic E-state index is 5.19. The maximum atomic E-state index is 5.19. The maximum Gasteiger partial charge on any atom is 0.167 e. The van der Waals surface area contributed by atoms with E-state index in [-0.39, 0.29) is 5.54 Å². The molecule has 1 aromatic heterocycles. The highest BCUT2D eigenvalue weighted by Gasteiger charge is 2.31. The van der Waals surface area contributed by atoms with Crippen LogP contribution < -0.4 is 5.32 Å². The minimum atomic E-state index is 0.0884. The van der Waals surface area contributed by atoms with Crippen LogP contribution in [-0.2, 0) is 5.54 Å². The van der Waals surface area contributed by atoms with Gasteiger partial charge in [-0.25, -0.2) is 0 Å². The second-order valence-electron chi connectivity index (χ2n) is 4.41. The molecule has 0 aliphatic carbocycles. The molecule has 2 heterocycles. The Morgan fingerprint density at radius 3 is 3.20 bits per heavy atom. The van der Waals surface area contributed by atoms with Crippen LogP contribution in [0.25, 0.3) is 11.0 Å². The lowest BCUT2D eigenvalue weighted by atomic mass is 9.88. The Balaban J connectivity index is 2.21. The van der Waals surface area contributed by atoms with Gasteiger partial charge in [0.2, 0.25) is 0 Å². The van der Waals surface area contributed by atoms with Gasteiger partial charge in [-0.3, -0.25) is 0 Å². The Kier molecular flexibility index (Phi) is 1.83. The third-order valence-electron chi connectivity index (χ3n) is 3.36. The number of hydrogen-bond donors (Lipinski definition) is 1. The first kappa shape index (κ1) is 8.92. The summed E-state index contributed by atoms with van der Waals surface area (Å²) in [4.78, 5) is 0. The topological polar surface area (TPSA) is 38.1 Å². The van der Waals surface area contributed by atoms with Crippen molar-refractivity contribution in [2.45, 2.75) is 25.3 Å². The number of rotatable bonds is 1. The van der Waals surface area contributed by atoms with E-state index in [0.717, 1.165) is 17.5 Å². The van der Waals surface area contributed by atoms with Crippen LogP contribution in [0.5, 0.6) is 0 Å². The molecule has 1 aliphatic heterocycles. The third kappa shape index (κ3) is 1.27. The van der Waals surface area contributed by atoms with E-state index in [0.29, 0.717) is 0 Å². The fourth-order valence-corrected chi connectivity index (χ4v) is 2.50. The molecule has 0 saturated carbocycles. The number of nitrogens with zero attached hydrogens (tertiary/aromatic N) is 1. The summed E-state index contributed by atoms with van der Waals surface area (Å²) in [5.41, 5.74) is 2.27. The van der Waals surface area contributed by atoms with Crippen molar-refractivity contribution in [1.29, 1.82) is 0 Å². The van der Waals surface area contributed by atoms with Crippen LogP contribution in [-0.4, -0.2) is 11.7 Å². The van der Waals surface area contributed by atoms with Gasteiger partial charge in [-0.2, -0.15) is 0 Å². The zero-order valence-electron chi connectivity index (χ0n) is 8.79. The van der Waals surface area contributed by atoms with Crippen LogP contribution in [0.3, 0.4) is 0 Å². The Bertz CT molecular complexity index is 483. The lowest BCUT2D eigenvalue weighted by molar-refractivity contribution is 0.437.